The first kappa shape index (κ1) is 24.7. The molecule has 2 aliphatic rings. The van der Waals surface area contributed by atoms with E-state index in [-0.39, 0.29) is 36.0 Å². The van der Waals surface area contributed by atoms with Gasteiger partial charge in [0.05, 0.1) is 13.1 Å². The van der Waals surface area contributed by atoms with E-state index in [2.05, 4.69) is 34.3 Å². The molecule has 1 atom stereocenters. The van der Waals surface area contributed by atoms with Crippen molar-refractivity contribution < 1.29 is 9.53 Å². The zero-order valence-corrected chi connectivity index (χ0v) is 20.5. The largest absolute Gasteiger partial charge is 0.489 e. The van der Waals surface area contributed by atoms with E-state index in [1.807, 2.05) is 30.3 Å². The maximum absolute atomic E-state index is 12.0. The molecule has 168 valence electrons. The van der Waals surface area contributed by atoms with Crippen LogP contribution < -0.4 is 15.4 Å². The van der Waals surface area contributed by atoms with Crippen LogP contribution in [0.2, 0.25) is 0 Å². The van der Waals surface area contributed by atoms with Crippen LogP contribution in [0, 0.1) is 0 Å². The summed E-state index contributed by atoms with van der Waals surface area (Å²) >= 11 is 0. The summed E-state index contributed by atoms with van der Waals surface area (Å²) in [5, 5.41) is 6.48. The van der Waals surface area contributed by atoms with Crippen LogP contribution >= 0.6 is 24.0 Å². The van der Waals surface area contributed by atoms with Crippen LogP contribution in [0.3, 0.4) is 0 Å². The Balaban J connectivity index is 0.00000320. The maximum Gasteiger partial charge on any atom is 0.234 e. The lowest BCUT2D eigenvalue weighted by atomic mass is 10.2. The predicted octanol–water partition coefficient (Wildman–Crippen LogP) is 2.32. The van der Waals surface area contributed by atoms with E-state index in [4.69, 9.17) is 9.73 Å². The molecule has 0 bridgehead atoms. The molecule has 2 N–H and O–H groups in total. The summed E-state index contributed by atoms with van der Waals surface area (Å²) in [6.07, 6.45) is 3.23. The Bertz CT molecular complexity index is 661. The van der Waals surface area contributed by atoms with Crippen LogP contribution in [-0.2, 0) is 4.79 Å². The number of rotatable bonds is 9. The van der Waals surface area contributed by atoms with Crippen molar-refractivity contribution in [2.45, 2.75) is 45.3 Å². The number of piperazine rings is 1. The second-order valence-electron chi connectivity index (χ2n) is 7.76. The fourth-order valence-corrected chi connectivity index (χ4v) is 3.38. The molecule has 1 saturated carbocycles. The minimum absolute atomic E-state index is 0. The van der Waals surface area contributed by atoms with Crippen LogP contribution in [-0.4, -0.2) is 79.6 Å². The number of nitrogens with zero attached hydrogens (tertiary/aromatic N) is 3. The number of carbonyl (C=O) groups is 1. The topological polar surface area (TPSA) is 69.2 Å². The molecular formula is C22H36IN5O2. The van der Waals surface area contributed by atoms with Crippen LogP contribution in [0.4, 0.5) is 0 Å². The number of ether oxygens (including phenoxy) is 1. The van der Waals surface area contributed by atoms with Crippen LogP contribution in [0.25, 0.3) is 0 Å². The summed E-state index contributed by atoms with van der Waals surface area (Å²) in [6.45, 7) is 9.67. The Hall–Kier alpha value is -1.55. The average Bonchev–Trinajstić information content (AvgIpc) is 3.55. The lowest BCUT2D eigenvalue weighted by Crippen LogP contribution is -2.54. The minimum atomic E-state index is 0. The molecule has 0 spiro atoms. The van der Waals surface area contributed by atoms with Crippen molar-refractivity contribution in [3.63, 3.8) is 0 Å². The van der Waals surface area contributed by atoms with Crippen molar-refractivity contribution in [2.24, 2.45) is 4.99 Å². The zero-order valence-electron chi connectivity index (χ0n) is 18.2. The third-order valence-electron chi connectivity index (χ3n) is 5.26. The molecule has 1 saturated heterocycles. The normalized spacial score (nSPS) is 18.3. The highest BCUT2D eigenvalue weighted by molar-refractivity contribution is 14.0. The second-order valence-corrected chi connectivity index (χ2v) is 7.76. The van der Waals surface area contributed by atoms with Gasteiger partial charge in [-0.1, -0.05) is 25.1 Å². The summed E-state index contributed by atoms with van der Waals surface area (Å²) in [5.74, 6) is 1.98. The van der Waals surface area contributed by atoms with Gasteiger partial charge in [0.25, 0.3) is 0 Å². The maximum atomic E-state index is 12.0. The van der Waals surface area contributed by atoms with Crippen molar-refractivity contribution in [1.29, 1.82) is 0 Å². The van der Waals surface area contributed by atoms with E-state index < -0.39 is 0 Å². The highest BCUT2D eigenvalue weighted by atomic mass is 127. The van der Waals surface area contributed by atoms with E-state index in [9.17, 15) is 4.79 Å². The molecule has 1 aliphatic carbocycles. The molecule has 1 amide bonds. The van der Waals surface area contributed by atoms with Gasteiger partial charge in [0.2, 0.25) is 5.91 Å². The number of carbonyl (C=O) groups excluding carboxylic acids is 1. The van der Waals surface area contributed by atoms with Gasteiger partial charge in [-0.15, -0.1) is 24.0 Å². The highest BCUT2D eigenvalue weighted by Crippen LogP contribution is 2.18. The SMILES string of the molecule is CCNC(=NCC(CC)Oc1ccccc1)N1CCN(CC(=O)NC2CC2)CC1.I. The monoisotopic (exact) mass is 529 g/mol. The third-order valence-corrected chi connectivity index (χ3v) is 5.26. The second kappa shape index (κ2) is 13.0. The molecule has 3 rings (SSSR count). The molecule has 1 heterocycles. The smallest absolute Gasteiger partial charge is 0.234 e. The Labute approximate surface area is 197 Å². The number of para-hydroxylation sites is 1. The fourth-order valence-electron chi connectivity index (χ4n) is 3.38. The van der Waals surface area contributed by atoms with Gasteiger partial charge < -0.3 is 20.3 Å². The molecule has 30 heavy (non-hydrogen) atoms. The Kier molecular flexibility index (Phi) is 10.7. The van der Waals surface area contributed by atoms with E-state index in [0.717, 1.165) is 63.7 Å². The molecule has 2 fully saturated rings. The Morgan fingerprint density at radius 2 is 1.87 bits per heavy atom. The Morgan fingerprint density at radius 1 is 1.17 bits per heavy atom. The zero-order chi connectivity index (χ0) is 20.5. The molecule has 0 radical (unpaired) electrons. The number of amides is 1. The van der Waals surface area contributed by atoms with Crippen molar-refractivity contribution in [3.05, 3.63) is 30.3 Å². The molecule has 7 nitrogen and oxygen atoms in total. The molecule has 8 heteroatoms. The summed E-state index contributed by atoms with van der Waals surface area (Å²) in [4.78, 5) is 21.4. The minimum Gasteiger partial charge on any atom is -0.489 e. The van der Waals surface area contributed by atoms with E-state index in [0.29, 0.717) is 19.1 Å². The molecule has 1 aliphatic heterocycles. The standard InChI is InChI=1S/C22H35N5O2.HI/c1-3-19(29-20-8-6-5-7-9-20)16-24-22(23-4-2)27-14-12-26(13-15-27)17-21(28)25-18-10-11-18;/h5-9,18-19H,3-4,10-17H2,1-2H3,(H,23,24)(H,25,28);1H. The van der Waals surface area contributed by atoms with Gasteiger partial charge in [0, 0.05) is 38.8 Å². The lowest BCUT2D eigenvalue weighted by Gasteiger charge is -2.36. The van der Waals surface area contributed by atoms with E-state index in [1.165, 1.54) is 0 Å². The third kappa shape index (κ3) is 8.29. The summed E-state index contributed by atoms with van der Waals surface area (Å²) < 4.78 is 6.07. The van der Waals surface area contributed by atoms with Gasteiger partial charge in [0.1, 0.15) is 11.9 Å². The molecule has 1 aromatic rings. The van der Waals surface area contributed by atoms with E-state index >= 15 is 0 Å². The lowest BCUT2D eigenvalue weighted by molar-refractivity contribution is -0.122. The number of nitrogens with one attached hydrogen (secondary N) is 2. The molecule has 1 unspecified atom stereocenters. The molecule has 0 aromatic heterocycles. The highest BCUT2D eigenvalue weighted by Gasteiger charge is 2.26. The summed E-state index contributed by atoms with van der Waals surface area (Å²) in [6, 6.07) is 10.4. The van der Waals surface area contributed by atoms with Crippen molar-refractivity contribution in [1.82, 2.24) is 20.4 Å². The van der Waals surface area contributed by atoms with Gasteiger partial charge in [0.15, 0.2) is 5.96 Å². The van der Waals surface area contributed by atoms with Crippen molar-refractivity contribution in [3.8, 4) is 5.75 Å². The number of aliphatic imine (C=N–C) groups is 1. The van der Waals surface area contributed by atoms with Crippen molar-refractivity contribution in [2.75, 3.05) is 45.8 Å². The van der Waals surface area contributed by atoms with Gasteiger partial charge in [-0.2, -0.15) is 0 Å². The van der Waals surface area contributed by atoms with Crippen LogP contribution in [0.15, 0.2) is 35.3 Å². The van der Waals surface area contributed by atoms with E-state index in [1.54, 1.807) is 0 Å². The molecular weight excluding hydrogens is 493 g/mol. The first-order chi connectivity index (χ1) is 14.2. The quantitative estimate of drug-likeness (QED) is 0.292. The van der Waals surface area contributed by atoms with Crippen LogP contribution in [0.1, 0.15) is 33.1 Å². The summed E-state index contributed by atoms with van der Waals surface area (Å²) in [5.41, 5.74) is 0. The first-order valence-corrected chi connectivity index (χ1v) is 10.9. The number of hydrogen-bond donors (Lipinski definition) is 2. The van der Waals surface area contributed by atoms with Gasteiger partial charge in [-0.25, -0.2) is 4.99 Å². The predicted molar refractivity (Wildman–Crippen MR) is 132 cm³/mol. The van der Waals surface area contributed by atoms with Crippen LogP contribution in [0.5, 0.6) is 5.75 Å². The fraction of sp³-hybridized carbons (Fsp3) is 0.636. The van der Waals surface area contributed by atoms with Gasteiger partial charge >= 0.3 is 0 Å². The number of benzene rings is 1. The number of hydrogen-bond acceptors (Lipinski definition) is 4. The number of halogens is 1. The van der Waals surface area contributed by atoms with Gasteiger partial charge in [-0.05, 0) is 38.3 Å². The molecule has 1 aromatic carbocycles. The van der Waals surface area contributed by atoms with Crippen molar-refractivity contribution >= 4 is 35.8 Å². The summed E-state index contributed by atoms with van der Waals surface area (Å²) in [7, 11) is 0. The first-order valence-electron chi connectivity index (χ1n) is 10.9. The Morgan fingerprint density at radius 3 is 2.47 bits per heavy atom. The average molecular weight is 529 g/mol. The number of guanidine groups is 1. The van der Waals surface area contributed by atoms with Gasteiger partial charge in [-0.3, -0.25) is 9.69 Å².